The molecule has 0 radical (unpaired) electrons. The SMILES string of the molecule is CC1CN(C(=O)CN2CCC(C(O)C(F)(F)F)CC2)CC(C)O1. The summed E-state index contributed by atoms with van der Waals surface area (Å²) in [6, 6.07) is 0. The number of morpholine rings is 1. The third kappa shape index (κ3) is 5.06. The van der Waals surface area contributed by atoms with Crippen molar-refractivity contribution < 1.29 is 27.8 Å². The zero-order valence-electron chi connectivity index (χ0n) is 13.6. The molecule has 2 fully saturated rings. The smallest absolute Gasteiger partial charge is 0.383 e. The summed E-state index contributed by atoms with van der Waals surface area (Å²) in [7, 11) is 0. The minimum atomic E-state index is -4.57. The zero-order valence-corrected chi connectivity index (χ0v) is 13.6. The number of alkyl halides is 3. The molecule has 3 unspecified atom stereocenters. The predicted molar refractivity (Wildman–Crippen MR) is 77.8 cm³/mol. The fraction of sp³-hybridized carbons (Fsp3) is 0.933. The molecule has 2 rings (SSSR count). The van der Waals surface area contributed by atoms with Crippen LogP contribution in [0.15, 0.2) is 0 Å². The van der Waals surface area contributed by atoms with Gasteiger partial charge in [0, 0.05) is 13.1 Å². The maximum Gasteiger partial charge on any atom is 0.414 e. The summed E-state index contributed by atoms with van der Waals surface area (Å²) in [5.74, 6) is -0.786. The van der Waals surface area contributed by atoms with Crippen LogP contribution in [0.4, 0.5) is 13.2 Å². The van der Waals surface area contributed by atoms with E-state index in [2.05, 4.69) is 0 Å². The van der Waals surface area contributed by atoms with Crippen LogP contribution in [0.5, 0.6) is 0 Å². The van der Waals surface area contributed by atoms with E-state index in [1.54, 1.807) is 4.90 Å². The molecule has 2 heterocycles. The van der Waals surface area contributed by atoms with E-state index in [4.69, 9.17) is 4.74 Å². The number of aliphatic hydroxyl groups excluding tert-OH is 1. The van der Waals surface area contributed by atoms with E-state index in [9.17, 15) is 23.1 Å². The molecule has 5 nitrogen and oxygen atoms in total. The van der Waals surface area contributed by atoms with Gasteiger partial charge in [-0.05, 0) is 45.7 Å². The average Bonchev–Trinajstić information content (AvgIpc) is 2.45. The van der Waals surface area contributed by atoms with Crippen LogP contribution in [0.3, 0.4) is 0 Å². The third-order valence-electron chi connectivity index (χ3n) is 4.55. The van der Waals surface area contributed by atoms with E-state index in [1.165, 1.54) is 0 Å². The van der Waals surface area contributed by atoms with Gasteiger partial charge in [0.2, 0.25) is 5.91 Å². The van der Waals surface area contributed by atoms with Gasteiger partial charge in [-0.1, -0.05) is 0 Å². The first-order chi connectivity index (χ1) is 10.7. The van der Waals surface area contributed by atoms with Crippen molar-refractivity contribution >= 4 is 5.91 Å². The normalized spacial score (nSPS) is 29.6. The molecule has 0 aromatic carbocycles. The largest absolute Gasteiger partial charge is 0.414 e. The molecule has 23 heavy (non-hydrogen) atoms. The number of amides is 1. The minimum absolute atomic E-state index is 0.00429. The molecule has 0 saturated carbocycles. The van der Waals surface area contributed by atoms with Crippen LogP contribution in [0.25, 0.3) is 0 Å². The molecular weight excluding hydrogens is 313 g/mol. The Morgan fingerprint density at radius 3 is 2.22 bits per heavy atom. The van der Waals surface area contributed by atoms with Crippen LogP contribution in [0, 0.1) is 5.92 Å². The molecule has 0 aromatic rings. The highest BCUT2D eigenvalue weighted by Gasteiger charge is 2.44. The van der Waals surface area contributed by atoms with Gasteiger partial charge in [0.1, 0.15) is 0 Å². The number of piperidine rings is 1. The van der Waals surface area contributed by atoms with Crippen molar-refractivity contribution in [2.45, 2.75) is 51.2 Å². The van der Waals surface area contributed by atoms with Crippen molar-refractivity contribution in [1.29, 1.82) is 0 Å². The number of nitrogens with zero attached hydrogens (tertiary/aromatic N) is 2. The van der Waals surface area contributed by atoms with Crippen molar-refractivity contribution in [3.63, 3.8) is 0 Å². The van der Waals surface area contributed by atoms with Gasteiger partial charge in [-0.3, -0.25) is 9.69 Å². The molecule has 134 valence electrons. The van der Waals surface area contributed by atoms with Crippen LogP contribution < -0.4 is 0 Å². The van der Waals surface area contributed by atoms with Gasteiger partial charge in [-0.25, -0.2) is 0 Å². The van der Waals surface area contributed by atoms with Crippen LogP contribution >= 0.6 is 0 Å². The first kappa shape index (κ1) is 18.5. The van der Waals surface area contributed by atoms with Crippen molar-refractivity contribution in [3.05, 3.63) is 0 Å². The van der Waals surface area contributed by atoms with E-state index >= 15 is 0 Å². The second-order valence-corrected chi connectivity index (χ2v) is 6.66. The third-order valence-corrected chi connectivity index (χ3v) is 4.55. The Hall–Kier alpha value is -0.860. The maximum atomic E-state index is 12.5. The number of carbonyl (C=O) groups excluding carboxylic acids is 1. The van der Waals surface area contributed by atoms with Crippen LogP contribution in [-0.2, 0) is 9.53 Å². The fourth-order valence-corrected chi connectivity index (χ4v) is 3.37. The average molecular weight is 338 g/mol. The molecule has 0 aromatic heterocycles. The number of halogens is 3. The molecule has 0 aliphatic carbocycles. The first-order valence-corrected chi connectivity index (χ1v) is 8.07. The highest BCUT2D eigenvalue weighted by Crippen LogP contribution is 2.31. The van der Waals surface area contributed by atoms with E-state index in [1.807, 2.05) is 18.7 Å². The number of hydrogen-bond donors (Lipinski definition) is 1. The number of likely N-dealkylation sites (tertiary alicyclic amines) is 1. The molecule has 0 spiro atoms. The Balaban J connectivity index is 1.79. The topological polar surface area (TPSA) is 53.0 Å². The second-order valence-electron chi connectivity index (χ2n) is 6.66. The lowest BCUT2D eigenvalue weighted by atomic mass is 9.91. The Morgan fingerprint density at radius 1 is 1.22 bits per heavy atom. The molecule has 8 heteroatoms. The van der Waals surface area contributed by atoms with Crippen molar-refractivity contribution in [2.75, 3.05) is 32.7 Å². The lowest BCUT2D eigenvalue weighted by Crippen LogP contribution is -2.52. The number of carbonyl (C=O) groups is 1. The first-order valence-electron chi connectivity index (χ1n) is 8.07. The summed E-state index contributed by atoms with van der Waals surface area (Å²) in [4.78, 5) is 16.0. The van der Waals surface area contributed by atoms with Crippen LogP contribution in [-0.4, -0.2) is 78.0 Å². The molecule has 0 bridgehead atoms. The Morgan fingerprint density at radius 2 is 1.74 bits per heavy atom. The number of ether oxygens (including phenoxy) is 1. The lowest BCUT2D eigenvalue weighted by Gasteiger charge is -2.38. The quantitative estimate of drug-likeness (QED) is 0.842. The Kier molecular flexibility index (Phi) is 5.91. The van der Waals surface area contributed by atoms with Gasteiger partial charge >= 0.3 is 6.18 Å². The molecule has 1 amide bonds. The van der Waals surface area contributed by atoms with E-state index in [0.717, 1.165) is 0 Å². The maximum absolute atomic E-state index is 12.5. The van der Waals surface area contributed by atoms with Gasteiger partial charge in [0.15, 0.2) is 6.10 Å². The van der Waals surface area contributed by atoms with E-state index in [-0.39, 0.29) is 37.5 Å². The van der Waals surface area contributed by atoms with Crippen LogP contribution in [0.2, 0.25) is 0 Å². The Bertz CT molecular complexity index is 401. The summed E-state index contributed by atoms with van der Waals surface area (Å²) in [6.07, 6.45) is -6.33. The van der Waals surface area contributed by atoms with E-state index < -0.39 is 18.2 Å². The van der Waals surface area contributed by atoms with Gasteiger partial charge in [0.05, 0.1) is 18.8 Å². The minimum Gasteiger partial charge on any atom is -0.383 e. The lowest BCUT2D eigenvalue weighted by molar-refractivity contribution is -0.223. The molecule has 3 atom stereocenters. The number of rotatable bonds is 3. The standard InChI is InChI=1S/C15H25F3N2O3/c1-10-7-20(8-11(2)23-10)13(21)9-19-5-3-12(4-6-19)14(22)15(16,17)18/h10-12,14,22H,3-9H2,1-2H3. The molecular formula is C15H25F3N2O3. The van der Waals surface area contributed by atoms with Crippen molar-refractivity contribution in [1.82, 2.24) is 9.80 Å². The summed E-state index contributed by atoms with van der Waals surface area (Å²) < 4.78 is 43.1. The van der Waals surface area contributed by atoms with Crippen molar-refractivity contribution in [3.8, 4) is 0 Å². The fourth-order valence-electron chi connectivity index (χ4n) is 3.37. The predicted octanol–water partition coefficient (Wildman–Crippen LogP) is 1.26. The highest BCUT2D eigenvalue weighted by atomic mass is 19.4. The second kappa shape index (κ2) is 7.36. The van der Waals surface area contributed by atoms with E-state index in [0.29, 0.717) is 26.2 Å². The monoisotopic (exact) mass is 338 g/mol. The summed E-state index contributed by atoms with van der Waals surface area (Å²) in [6.45, 7) is 5.95. The summed E-state index contributed by atoms with van der Waals surface area (Å²) >= 11 is 0. The summed E-state index contributed by atoms with van der Waals surface area (Å²) in [5, 5.41) is 9.31. The Labute approximate surface area is 134 Å². The molecule has 1 N–H and O–H groups in total. The van der Waals surface area contributed by atoms with Gasteiger partial charge < -0.3 is 14.7 Å². The molecule has 2 aliphatic heterocycles. The van der Waals surface area contributed by atoms with Gasteiger partial charge in [-0.2, -0.15) is 13.2 Å². The van der Waals surface area contributed by atoms with Crippen molar-refractivity contribution in [2.24, 2.45) is 5.92 Å². The molecule has 2 saturated heterocycles. The summed E-state index contributed by atoms with van der Waals surface area (Å²) in [5.41, 5.74) is 0. The highest BCUT2D eigenvalue weighted by molar-refractivity contribution is 5.78. The van der Waals surface area contributed by atoms with Gasteiger partial charge in [-0.15, -0.1) is 0 Å². The molecule has 2 aliphatic rings. The van der Waals surface area contributed by atoms with Crippen LogP contribution in [0.1, 0.15) is 26.7 Å². The zero-order chi connectivity index (χ0) is 17.2. The van der Waals surface area contributed by atoms with Gasteiger partial charge in [0.25, 0.3) is 0 Å². The number of hydrogen-bond acceptors (Lipinski definition) is 4. The number of aliphatic hydroxyl groups is 1.